The van der Waals surface area contributed by atoms with Crippen LogP contribution in [0.2, 0.25) is 0 Å². The minimum Gasteiger partial charge on any atom is -0.364 e. The van der Waals surface area contributed by atoms with Gasteiger partial charge >= 0.3 is 0 Å². The van der Waals surface area contributed by atoms with Gasteiger partial charge in [-0.25, -0.2) is 0 Å². The average molecular weight is 242 g/mol. The van der Waals surface area contributed by atoms with E-state index in [1.807, 2.05) is 23.5 Å². The summed E-state index contributed by atoms with van der Waals surface area (Å²) in [5.74, 6) is 0.980. The lowest BCUT2D eigenvalue weighted by atomic mass is 10.3. The van der Waals surface area contributed by atoms with Gasteiger partial charge in [0, 0.05) is 16.5 Å². The van der Waals surface area contributed by atoms with Crippen LogP contribution in [0.1, 0.15) is 25.7 Å². The van der Waals surface area contributed by atoms with E-state index in [9.17, 15) is 0 Å². The van der Waals surface area contributed by atoms with Crippen molar-refractivity contribution < 1.29 is 0 Å². The van der Waals surface area contributed by atoms with Crippen LogP contribution >= 0.6 is 23.5 Å². The van der Waals surface area contributed by atoms with Gasteiger partial charge in [0.2, 0.25) is 0 Å². The van der Waals surface area contributed by atoms with Crippen LogP contribution in [0.4, 0.5) is 0 Å². The number of nitrogens with one attached hydrogen (secondary N) is 1. The van der Waals surface area contributed by atoms with Crippen LogP contribution in [-0.4, -0.2) is 34.5 Å². The van der Waals surface area contributed by atoms with Crippen LogP contribution in [-0.2, 0) is 0 Å². The fourth-order valence-electron chi connectivity index (χ4n) is 2.03. The molecular formula is C11H18N2S2. The summed E-state index contributed by atoms with van der Waals surface area (Å²) in [5, 5.41) is 5.56. The summed E-state index contributed by atoms with van der Waals surface area (Å²) >= 11 is 4.00. The lowest BCUT2D eigenvalue weighted by Gasteiger charge is -2.14. The largest absolute Gasteiger partial charge is 0.364 e. The lowest BCUT2D eigenvalue weighted by molar-refractivity contribution is 0.770. The first kappa shape index (κ1) is 10.3. The molecule has 0 spiro atoms. The van der Waals surface area contributed by atoms with Gasteiger partial charge in [-0.05, 0) is 37.9 Å². The quantitative estimate of drug-likeness (QED) is 0.819. The van der Waals surface area contributed by atoms with Crippen molar-refractivity contribution in [3.05, 3.63) is 0 Å². The maximum absolute atomic E-state index is 4.60. The minimum absolute atomic E-state index is 0.556. The Kier molecular flexibility index (Phi) is 2.67. The van der Waals surface area contributed by atoms with Gasteiger partial charge in [0.05, 0.1) is 6.54 Å². The van der Waals surface area contributed by atoms with E-state index in [-0.39, 0.29) is 0 Å². The SMILES string of the molecule is CSC1(CNC2=NCC(C3CC3)S2)CC1. The number of hydrogen-bond donors (Lipinski definition) is 1. The third-order valence-electron chi connectivity index (χ3n) is 3.63. The molecule has 84 valence electrons. The van der Waals surface area contributed by atoms with Crippen molar-refractivity contribution in [1.82, 2.24) is 5.32 Å². The fraction of sp³-hybridized carbons (Fsp3) is 0.909. The third-order valence-corrected chi connectivity index (χ3v) is 6.38. The molecule has 1 aliphatic heterocycles. The lowest BCUT2D eigenvalue weighted by Crippen LogP contribution is -2.29. The molecule has 4 heteroatoms. The third kappa shape index (κ3) is 2.31. The predicted molar refractivity (Wildman–Crippen MR) is 69.9 cm³/mol. The van der Waals surface area contributed by atoms with Gasteiger partial charge < -0.3 is 5.32 Å². The zero-order valence-corrected chi connectivity index (χ0v) is 10.8. The van der Waals surface area contributed by atoms with Gasteiger partial charge in [-0.2, -0.15) is 11.8 Å². The van der Waals surface area contributed by atoms with E-state index in [1.54, 1.807) is 0 Å². The van der Waals surface area contributed by atoms with Gasteiger partial charge in [-0.3, -0.25) is 4.99 Å². The van der Waals surface area contributed by atoms with Crippen molar-refractivity contribution in [3.63, 3.8) is 0 Å². The molecule has 3 aliphatic rings. The van der Waals surface area contributed by atoms with Gasteiger partial charge in [-0.1, -0.05) is 11.8 Å². The summed E-state index contributed by atoms with van der Waals surface area (Å²) in [7, 11) is 0. The highest BCUT2D eigenvalue weighted by Crippen LogP contribution is 2.47. The Morgan fingerprint density at radius 1 is 1.53 bits per heavy atom. The summed E-state index contributed by atoms with van der Waals surface area (Å²) < 4.78 is 0.556. The number of thioether (sulfide) groups is 2. The first-order chi connectivity index (χ1) is 7.31. The first-order valence-electron chi connectivity index (χ1n) is 5.81. The predicted octanol–water partition coefficient (Wildman–Crippen LogP) is 2.35. The smallest absolute Gasteiger partial charge is 0.156 e. The minimum atomic E-state index is 0.556. The second-order valence-electron chi connectivity index (χ2n) is 4.88. The molecule has 2 nitrogen and oxygen atoms in total. The molecule has 3 rings (SSSR count). The maximum atomic E-state index is 4.60. The monoisotopic (exact) mass is 242 g/mol. The van der Waals surface area contributed by atoms with Gasteiger partial charge in [0.25, 0.3) is 0 Å². The molecule has 1 atom stereocenters. The molecule has 0 aromatic heterocycles. The van der Waals surface area contributed by atoms with Crippen LogP contribution in [0, 0.1) is 5.92 Å². The van der Waals surface area contributed by atoms with Crippen LogP contribution in [0.15, 0.2) is 4.99 Å². The van der Waals surface area contributed by atoms with E-state index < -0.39 is 0 Å². The molecular weight excluding hydrogens is 224 g/mol. The standard InChI is InChI=1S/C11H18N2S2/c1-14-11(4-5-11)7-13-10-12-6-9(15-10)8-2-3-8/h8-9H,2-7H2,1H3,(H,12,13). The Morgan fingerprint density at radius 3 is 2.93 bits per heavy atom. The van der Waals surface area contributed by atoms with Gasteiger partial charge in [0.1, 0.15) is 0 Å². The highest BCUT2D eigenvalue weighted by molar-refractivity contribution is 8.14. The molecule has 1 heterocycles. The molecule has 0 radical (unpaired) electrons. The number of rotatable bonds is 4. The molecule has 2 aliphatic carbocycles. The Morgan fingerprint density at radius 2 is 2.33 bits per heavy atom. The van der Waals surface area contributed by atoms with Crippen molar-refractivity contribution in [1.29, 1.82) is 0 Å². The van der Waals surface area contributed by atoms with Crippen LogP contribution in [0.25, 0.3) is 0 Å². The average Bonchev–Trinajstić information content (AvgIpc) is 3.17. The van der Waals surface area contributed by atoms with E-state index in [0.717, 1.165) is 24.3 Å². The van der Waals surface area contributed by atoms with E-state index >= 15 is 0 Å². The fourth-order valence-corrected chi connectivity index (χ4v) is 3.96. The second kappa shape index (κ2) is 3.88. The molecule has 15 heavy (non-hydrogen) atoms. The number of nitrogens with zero attached hydrogens (tertiary/aromatic N) is 1. The van der Waals surface area contributed by atoms with Crippen molar-refractivity contribution >= 4 is 28.7 Å². The molecule has 0 aromatic rings. The van der Waals surface area contributed by atoms with Crippen molar-refractivity contribution in [2.45, 2.75) is 35.7 Å². The molecule has 1 N–H and O–H groups in total. The van der Waals surface area contributed by atoms with Gasteiger partial charge in [0.15, 0.2) is 5.17 Å². The van der Waals surface area contributed by atoms with E-state index in [1.165, 1.54) is 30.9 Å². The normalized spacial score (nSPS) is 32.6. The second-order valence-corrected chi connectivity index (χ2v) is 7.38. The van der Waals surface area contributed by atoms with Crippen LogP contribution in [0.3, 0.4) is 0 Å². The topological polar surface area (TPSA) is 24.4 Å². The van der Waals surface area contributed by atoms with Crippen molar-refractivity contribution in [2.75, 3.05) is 19.3 Å². The van der Waals surface area contributed by atoms with E-state index in [0.29, 0.717) is 4.75 Å². The van der Waals surface area contributed by atoms with E-state index in [4.69, 9.17) is 0 Å². The summed E-state index contributed by atoms with van der Waals surface area (Å²) in [4.78, 5) is 4.60. The summed E-state index contributed by atoms with van der Waals surface area (Å²) in [6, 6.07) is 0. The van der Waals surface area contributed by atoms with Gasteiger partial charge in [-0.15, -0.1) is 0 Å². The van der Waals surface area contributed by atoms with Crippen LogP contribution in [0.5, 0.6) is 0 Å². The summed E-state index contributed by atoms with van der Waals surface area (Å²) in [5.41, 5.74) is 0. The summed E-state index contributed by atoms with van der Waals surface area (Å²) in [6.45, 7) is 2.18. The molecule has 2 saturated carbocycles. The Hall–Kier alpha value is 0.170. The Bertz CT molecular complexity index is 282. The molecule has 2 fully saturated rings. The molecule has 0 aromatic carbocycles. The number of hydrogen-bond acceptors (Lipinski definition) is 4. The maximum Gasteiger partial charge on any atom is 0.156 e. The molecule has 1 unspecified atom stereocenters. The van der Waals surface area contributed by atoms with Crippen molar-refractivity contribution in [2.24, 2.45) is 10.9 Å². The molecule has 0 saturated heterocycles. The summed E-state index contributed by atoms with van der Waals surface area (Å²) in [6.07, 6.45) is 7.87. The Balaban J connectivity index is 1.44. The van der Waals surface area contributed by atoms with E-state index in [2.05, 4.69) is 16.6 Å². The van der Waals surface area contributed by atoms with Crippen LogP contribution < -0.4 is 5.32 Å². The molecule has 0 amide bonds. The highest BCUT2D eigenvalue weighted by Gasteiger charge is 2.42. The number of aliphatic imine (C=N–C) groups is 1. The zero-order chi connectivity index (χ0) is 10.3. The number of amidine groups is 1. The Labute approximate surface area is 100 Å². The first-order valence-corrected chi connectivity index (χ1v) is 7.92. The zero-order valence-electron chi connectivity index (χ0n) is 9.16. The van der Waals surface area contributed by atoms with Crippen molar-refractivity contribution in [3.8, 4) is 0 Å². The highest BCUT2D eigenvalue weighted by atomic mass is 32.2. The molecule has 0 bridgehead atoms.